The molecular formula is C32H43BO8. The molecule has 8 nitrogen and oxygen atoms in total. The first-order valence-corrected chi connectivity index (χ1v) is 15.2. The molecule has 0 atom stereocenters. The summed E-state index contributed by atoms with van der Waals surface area (Å²) in [6.07, 6.45) is 11.6. The van der Waals surface area contributed by atoms with Crippen molar-refractivity contribution in [2.75, 3.05) is 13.2 Å². The van der Waals surface area contributed by atoms with Crippen LogP contribution in [-0.4, -0.2) is 45.0 Å². The quantitative estimate of drug-likeness (QED) is 0.202. The molecule has 2 aliphatic carbocycles. The highest BCUT2D eigenvalue weighted by atomic mass is 16.6. The molecule has 0 heterocycles. The van der Waals surface area contributed by atoms with Crippen LogP contribution in [0.4, 0.5) is 0 Å². The van der Waals surface area contributed by atoms with E-state index in [0.29, 0.717) is 36.2 Å². The molecule has 0 unspecified atom stereocenters. The van der Waals surface area contributed by atoms with Gasteiger partial charge in [-0.1, -0.05) is 25.0 Å². The minimum Gasteiger partial charge on any atom is -0.528 e. The van der Waals surface area contributed by atoms with E-state index in [-0.39, 0.29) is 44.7 Å². The molecule has 0 aliphatic heterocycles. The number of ether oxygens (including phenoxy) is 4. The molecule has 222 valence electrons. The first-order valence-electron chi connectivity index (χ1n) is 15.2. The molecule has 0 bridgehead atoms. The topological polar surface area (TPSA) is 89.5 Å². The number of esters is 2. The zero-order chi connectivity index (χ0) is 28.9. The van der Waals surface area contributed by atoms with E-state index >= 15 is 0 Å². The van der Waals surface area contributed by atoms with Gasteiger partial charge in [0, 0.05) is 23.3 Å². The second kappa shape index (κ2) is 16.2. The Kier molecular flexibility index (Phi) is 12.1. The molecule has 9 heteroatoms. The van der Waals surface area contributed by atoms with Gasteiger partial charge in [0.1, 0.15) is 23.0 Å². The standard InChI is InChI=1S/C32H43BO8/c1-3-36-31(34)19-23-15-17-27(21-29(23)38-25-11-7-5-8-12-25)40-33-41-28-18-16-24(20-32(35)37-4-2)30(22-28)39-26-13-9-6-10-14-26/h15-18,21-22,25-26,33H,3-14,19-20H2,1-2H3. The predicted octanol–water partition coefficient (Wildman–Crippen LogP) is 6.05. The van der Waals surface area contributed by atoms with Crippen molar-refractivity contribution in [3.8, 4) is 23.0 Å². The van der Waals surface area contributed by atoms with Crippen molar-refractivity contribution in [1.29, 1.82) is 0 Å². The maximum absolute atomic E-state index is 12.2. The molecule has 2 aromatic rings. The minimum absolute atomic E-state index is 0.0276. The molecule has 0 saturated heterocycles. The Balaban J connectivity index is 1.42. The lowest BCUT2D eigenvalue weighted by atomic mass is 9.97. The lowest BCUT2D eigenvalue weighted by Crippen LogP contribution is -2.21. The number of hydrogen-bond donors (Lipinski definition) is 0. The second-order valence-electron chi connectivity index (χ2n) is 10.7. The highest BCUT2D eigenvalue weighted by Gasteiger charge is 2.20. The molecular weight excluding hydrogens is 523 g/mol. The van der Waals surface area contributed by atoms with Crippen molar-refractivity contribution in [1.82, 2.24) is 0 Å². The summed E-state index contributed by atoms with van der Waals surface area (Å²) in [5, 5.41) is 0. The van der Waals surface area contributed by atoms with Gasteiger partial charge in [0.05, 0.1) is 38.3 Å². The predicted molar refractivity (Wildman–Crippen MR) is 157 cm³/mol. The SMILES string of the molecule is CCOC(=O)Cc1ccc(OBOc2ccc(CC(=O)OCC)c(OC3CCCCC3)c2)cc1OC1CCCCC1. The molecule has 2 saturated carbocycles. The molecule has 0 radical (unpaired) electrons. The van der Waals surface area contributed by atoms with Crippen LogP contribution in [0.3, 0.4) is 0 Å². The fourth-order valence-electron chi connectivity index (χ4n) is 5.39. The Hall–Kier alpha value is -3.36. The minimum atomic E-state index is -0.282. The zero-order valence-corrected chi connectivity index (χ0v) is 24.5. The fraction of sp³-hybridized carbons (Fsp3) is 0.562. The third-order valence-corrected chi connectivity index (χ3v) is 7.50. The van der Waals surface area contributed by atoms with Gasteiger partial charge in [0.15, 0.2) is 0 Å². The van der Waals surface area contributed by atoms with E-state index in [4.69, 9.17) is 28.3 Å². The van der Waals surface area contributed by atoms with E-state index in [9.17, 15) is 9.59 Å². The van der Waals surface area contributed by atoms with Crippen molar-refractivity contribution in [2.45, 2.75) is 103 Å². The van der Waals surface area contributed by atoms with Crippen LogP contribution in [0, 0.1) is 0 Å². The van der Waals surface area contributed by atoms with Crippen LogP contribution in [-0.2, 0) is 31.9 Å². The third kappa shape index (κ3) is 9.90. The molecule has 0 aromatic heterocycles. The van der Waals surface area contributed by atoms with Crippen LogP contribution < -0.4 is 18.8 Å². The Morgan fingerprint density at radius 1 is 0.659 bits per heavy atom. The summed E-state index contributed by atoms with van der Waals surface area (Å²) in [6.45, 7) is 4.28. The highest BCUT2D eigenvalue weighted by Crippen LogP contribution is 2.32. The van der Waals surface area contributed by atoms with Gasteiger partial charge in [-0.15, -0.1) is 0 Å². The van der Waals surface area contributed by atoms with Crippen molar-refractivity contribution < 1.29 is 37.8 Å². The maximum Gasteiger partial charge on any atom is 0.576 e. The Morgan fingerprint density at radius 2 is 1.07 bits per heavy atom. The number of benzene rings is 2. The molecule has 2 aromatic carbocycles. The Labute approximate surface area is 244 Å². The van der Waals surface area contributed by atoms with Gasteiger partial charge in [0.2, 0.25) is 0 Å². The van der Waals surface area contributed by atoms with Gasteiger partial charge < -0.3 is 28.3 Å². The van der Waals surface area contributed by atoms with E-state index in [1.54, 1.807) is 13.8 Å². The van der Waals surface area contributed by atoms with Crippen molar-refractivity contribution >= 4 is 19.6 Å². The molecule has 41 heavy (non-hydrogen) atoms. The first-order chi connectivity index (χ1) is 20.0. The van der Waals surface area contributed by atoms with Gasteiger partial charge in [0.25, 0.3) is 0 Å². The van der Waals surface area contributed by atoms with Gasteiger partial charge >= 0.3 is 19.6 Å². The summed E-state index contributed by atoms with van der Waals surface area (Å²) >= 11 is 0. The van der Waals surface area contributed by atoms with Crippen LogP contribution in [0.2, 0.25) is 0 Å². The van der Waals surface area contributed by atoms with E-state index < -0.39 is 0 Å². The summed E-state index contributed by atoms with van der Waals surface area (Å²) in [7, 11) is -0.0276. The van der Waals surface area contributed by atoms with Gasteiger partial charge in [-0.05, 0) is 77.3 Å². The number of hydrogen-bond acceptors (Lipinski definition) is 8. The molecule has 0 spiro atoms. The summed E-state index contributed by atoms with van der Waals surface area (Å²) in [5.41, 5.74) is 1.56. The number of carbonyl (C=O) groups is 2. The summed E-state index contributed by atoms with van der Waals surface area (Å²) in [4.78, 5) is 24.3. The van der Waals surface area contributed by atoms with Crippen LogP contribution >= 0.6 is 0 Å². The average molecular weight is 567 g/mol. The monoisotopic (exact) mass is 566 g/mol. The normalized spacial score (nSPS) is 16.0. The zero-order valence-electron chi connectivity index (χ0n) is 24.5. The van der Waals surface area contributed by atoms with Gasteiger partial charge in [-0.3, -0.25) is 9.59 Å². The van der Waals surface area contributed by atoms with Crippen LogP contribution in [0.15, 0.2) is 36.4 Å². The lowest BCUT2D eigenvalue weighted by Gasteiger charge is -2.25. The van der Waals surface area contributed by atoms with Crippen molar-refractivity contribution in [3.05, 3.63) is 47.5 Å². The largest absolute Gasteiger partial charge is 0.576 e. The third-order valence-electron chi connectivity index (χ3n) is 7.50. The summed E-state index contributed by atoms with van der Waals surface area (Å²) in [6, 6.07) is 11.0. The van der Waals surface area contributed by atoms with Crippen molar-refractivity contribution in [2.24, 2.45) is 0 Å². The maximum atomic E-state index is 12.2. The molecule has 2 fully saturated rings. The Bertz CT molecular complexity index is 1040. The molecule has 0 N–H and O–H groups in total. The number of rotatable bonds is 14. The van der Waals surface area contributed by atoms with Crippen LogP contribution in [0.1, 0.15) is 89.2 Å². The van der Waals surface area contributed by atoms with Gasteiger partial charge in [-0.25, -0.2) is 0 Å². The molecule has 2 aliphatic rings. The van der Waals surface area contributed by atoms with E-state index in [2.05, 4.69) is 0 Å². The van der Waals surface area contributed by atoms with E-state index in [0.717, 1.165) is 62.5 Å². The van der Waals surface area contributed by atoms with Crippen LogP contribution in [0.25, 0.3) is 0 Å². The lowest BCUT2D eigenvalue weighted by molar-refractivity contribution is -0.143. The van der Waals surface area contributed by atoms with Crippen LogP contribution in [0.5, 0.6) is 23.0 Å². The second-order valence-corrected chi connectivity index (χ2v) is 10.7. The van der Waals surface area contributed by atoms with E-state index in [1.165, 1.54) is 12.8 Å². The number of carbonyl (C=O) groups excluding carboxylic acids is 2. The van der Waals surface area contributed by atoms with E-state index in [1.807, 2.05) is 36.4 Å². The summed E-state index contributed by atoms with van der Waals surface area (Å²) < 4.78 is 34.8. The van der Waals surface area contributed by atoms with Crippen molar-refractivity contribution in [3.63, 3.8) is 0 Å². The molecule has 4 rings (SSSR count). The van der Waals surface area contributed by atoms with Gasteiger partial charge in [-0.2, -0.15) is 0 Å². The smallest absolute Gasteiger partial charge is 0.528 e. The molecule has 0 amide bonds. The summed E-state index contributed by atoms with van der Waals surface area (Å²) in [5.74, 6) is 1.90. The highest BCUT2D eigenvalue weighted by molar-refractivity contribution is 6.20. The Morgan fingerprint density at radius 3 is 1.46 bits per heavy atom. The fourth-order valence-corrected chi connectivity index (χ4v) is 5.39. The average Bonchev–Trinajstić information content (AvgIpc) is 2.97. The first kappa shape index (κ1) is 30.6.